The summed E-state index contributed by atoms with van der Waals surface area (Å²) in [5, 5.41) is 5.66. The summed E-state index contributed by atoms with van der Waals surface area (Å²) in [5.41, 5.74) is 16.6. The molecule has 0 unspecified atom stereocenters. The van der Waals surface area contributed by atoms with E-state index < -0.39 is 0 Å². The van der Waals surface area contributed by atoms with Crippen molar-refractivity contribution in [1.82, 2.24) is 8.97 Å². The highest BCUT2D eigenvalue weighted by Crippen LogP contribution is 2.53. The van der Waals surface area contributed by atoms with Crippen LogP contribution in [0.1, 0.15) is 36.1 Å². The largest absolute Gasteiger partial charge is 0.309 e. The van der Waals surface area contributed by atoms with E-state index in [9.17, 15) is 4.79 Å². The molecule has 0 N–H and O–H groups in total. The van der Waals surface area contributed by atoms with Crippen molar-refractivity contribution in [2.24, 2.45) is 0 Å². The topological polar surface area (TPSA) is 26.4 Å². The zero-order chi connectivity index (χ0) is 37.2. The lowest BCUT2D eigenvalue weighted by Crippen LogP contribution is -2.17. The van der Waals surface area contributed by atoms with Crippen molar-refractivity contribution in [2.45, 2.75) is 19.3 Å². The van der Waals surface area contributed by atoms with Crippen LogP contribution in [-0.2, 0) is 5.41 Å². The van der Waals surface area contributed by atoms with Gasteiger partial charge in [-0.15, -0.1) is 0 Å². The number of nitrogens with zero attached hydrogens (tertiary/aromatic N) is 2. The normalized spacial score (nSPS) is 13.3. The summed E-state index contributed by atoms with van der Waals surface area (Å²) in [6.45, 7) is 12.7. The van der Waals surface area contributed by atoms with Crippen LogP contribution in [0.15, 0.2) is 164 Å². The Bertz CT molecular complexity index is 3340. The Morgan fingerprint density at radius 2 is 1.16 bits per heavy atom. The molecule has 0 radical (unpaired) electrons. The van der Waals surface area contributed by atoms with Gasteiger partial charge in [-0.3, -0.25) is 9.20 Å². The first kappa shape index (κ1) is 31.5. The number of hydrogen-bond acceptors (Lipinski definition) is 1. The van der Waals surface area contributed by atoms with Gasteiger partial charge < -0.3 is 4.57 Å². The van der Waals surface area contributed by atoms with Crippen molar-refractivity contribution >= 4 is 61.1 Å². The molecular weight excluding hydrogens is 669 g/mol. The van der Waals surface area contributed by atoms with Crippen LogP contribution in [0.25, 0.3) is 100 Å². The van der Waals surface area contributed by atoms with Crippen molar-refractivity contribution in [2.75, 3.05) is 0 Å². The zero-order valence-electron chi connectivity index (χ0n) is 30.7. The fourth-order valence-electron chi connectivity index (χ4n) is 9.74. The Kier molecular flexibility index (Phi) is 6.46. The highest BCUT2D eigenvalue weighted by Gasteiger charge is 2.38. The first-order valence-electron chi connectivity index (χ1n) is 18.9. The number of aromatic nitrogens is 2. The molecule has 0 saturated carbocycles. The van der Waals surface area contributed by atoms with E-state index in [4.69, 9.17) is 0 Å². The fourth-order valence-corrected chi connectivity index (χ4v) is 9.74. The molecule has 55 heavy (non-hydrogen) atoms. The fraction of sp³-hybridized carbons (Fsp3) is 0.0577. The van der Waals surface area contributed by atoms with Gasteiger partial charge in [0.25, 0.3) is 5.56 Å². The number of para-hydroxylation sites is 2. The molecule has 0 amide bonds. The van der Waals surface area contributed by atoms with Crippen LogP contribution in [-0.4, -0.2) is 8.97 Å². The van der Waals surface area contributed by atoms with Crippen molar-refractivity contribution in [3.63, 3.8) is 0 Å². The number of hydrogen-bond donors (Lipinski definition) is 0. The molecule has 0 saturated heterocycles. The highest BCUT2D eigenvalue weighted by atomic mass is 16.1. The summed E-state index contributed by atoms with van der Waals surface area (Å²) in [7, 11) is 0. The maximum Gasteiger partial charge on any atom is 0.263 e. The maximum absolute atomic E-state index is 13.8. The monoisotopic (exact) mass is 704 g/mol. The van der Waals surface area contributed by atoms with Crippen LogP contribution in [0.4, 0.5) is 0 Å². The van der Waals surface area contributed by atoms with Crippen molar-refractivity contribution in [1.29, 1.82) is 0 Å². The minimum absolute atomic E-state index is 0.0686. The third-order valence-electron chi connectivity index (χ3n) is 12.2. The van der Waals surface area contributed by atoms with Crippen LogP contribution in [0.5, 0.6) is 0 Å². The molecule has 3 heteroatoms. The van der Waals surface area contributed by atoms with Gasteiger partial charge in [-0.2, -0.15) is 0 Å². The van der Waals surface area contributed by atoms with Gasteiger partial charge in [0, 0.05) is 43.6 Å². The third kappa shape index (κ3) is 4.18. The standard InChI is InChI=1S/C52H36N2O/c1-5-36-37(6-2)51(55)54-47-28-23-34(30-44(47)42-18-12-17-41(36)49(42)54)33-14-11-13-32(29-33)31-21-24-35(25-22-31)53-46-20-10-8-16-39(46)43-27-26-40-38-15-7-9-19-45(38)52(3,4)48(40)50(43)53/h5-30H,1-2H2,3-4H3. The van der Waals surface area contributed by atoms with Gasteiger partial charge in [0.2, 0.25) is 0 Å². The smallest absolute Gasteiger partial charge is 0.263 e. The van der Waals surface area contributed by atoms with E-state index in [1.54, 1.807) is 12.2 Å². The SMILES string of the molecule is C=Cc1c(C=C)c2cccc3c4cc(-c5cccc(-c6ccc(-n7c8ccccc8c8ccc9c(c87)C(C)(C)c7ccccc7-9)cc6)c5)ccc4n(c1=O)c23. The summed E-state index contributed by atoms with van der Waals surface area (Å²) in [4.78, 5) is 13.8. The Hall–Kier alpha value is -6.97. The molecule has 0 bridgehead atoms. The number of fused-ring (bicyclic) bond motifs is 10. The Morgan fingerprint density at radius 1 is 0.509 bits per heavy atom. The van der Waals surface area contributed by atoms with Gasteiger partial charge >= 0.3 is 0 Å². The van der Waals surface area contributed by atoms with Gasteiger partial charge in [0.1, 0.15) is 0 Å². The maximum atomic E-state index is 13.8. The molecule has 3 nitrogen and oxygen atoms in total. The quantitative estimate of drug-likeness (QED) is 0.175. The van der Waals surface area contributed by atoms with Gasteiger partial charge in [-0.1, -0.05) is 148 Å². The van der Waals surface area contributed by atoms with Crippen LogP contribution >= 0.6 is 0 Å². The van der Waals surface area contributed by atoms with E-state index in [0.717, 1.165) is 60.7 Å². The summed E-state index contributed by atoms with van der Waals surface area (Å²) in [5.74, 6) is 0. The molecule has 0 spiro atoms. The third-order valence-corrected chi connectivity index (χ3v) is 12.2. The van der Waals surface area contributed by atoms with Crippen molar-refractivity contribution < 1.29 is 0 Å². The lowest BCUT2D eigenvalue weighted by Gasteiger charge is -2.23. The second kappa shape index (κ2) is 11.3. The number of rotatable bonds is 5. The molecule has 11 rings (SSSR count). The second-order valence-corrected chi connectivity index (χ2v) is 15.3. The van der Waals surface area contributed by atoms with Crippen LogP contribution in [0.2, 0.25) is 0 Å². The molecule has 0 aliphatic heterocycles. The van der Waals surface area contributed by atoms with Crippen molar-refractivity contribution in [3.8, 4) is 39.1 Å². The number of pyridine rings is 1. The van der Waals surface area contributed by atoms with Crippen LogP contribution in [0, 0.1) is 0 Å². The summed E-state index contributed by atoms with van der Waals surface area (Å²) in [6.07, 6.45) is 3.41. The molecule has 7 aromatic carbocycles. The summed E-state index contributed by atoms with van der Waals surface area (Å²) in [6, 6.07) is 52.8. The van der Waals surface area contributed by atoms with E-state index >= 15 is 0 Å². The van der Waals surface area contributed by atoms with Gasteiger partial charge in [0.15, 0.2) is 0 Å². The van der Waals surface area contributed by atoms with Crippen molar-refractivity contribution in [3.05, 3.63) is 191 Å². The minimum Gasteiger partial charge on any atom is -0.309 e. The van der Waals surface area contributed by atoms with E-state index in [1.807, 2.05) is 4.40 Å². The molecule has 1 aliphatic rings. The zero-order valence-corrected chi connectivity index (χ0v) is 30.7. The lowest BCUT2D eigenvalue weighted by atomic mass is 9.81. The lowest BCUT2D eigenvalue weighted by molar-refractivity contribution is 0.664. The molecule has 1 aliphatic carbocycles. The Labute approximate surface area is 318 Å². The Balaban J connectivity index is 1.03. The van der Waals surface area contributed by atoms with E-state index in [2.05, 4.69) is 177 Å². The second-order valence-electron chi connectivity index (χ2n) is 15.3. The van der Waals surface area contributed by atoms with Gasteiger partial charge in [0.05, 0.1) is 22.1 Å². The van der Waals surface area contributed by atoms with Crippen LogP contribution in [0.3, 0.4) is 0 Å². The van der Waals surface area contributed by atoms with E-state index in [1.165, 1.54) is 44.1 Å². The first-order chi connectivity index (χ1) is 26.9. The van der Waals surface area contributed by atoms with Gasteiger partial charge in [-0.05, 0) is 86.5 Å². The predicted molar refractivity (Wildman–Crippen MR) is 233 cm³/mol. The predicted octanol–water partition coefficient (Wildman–Crippen LogP) is 13.1. The first-order valence-corrected chi connectivity index (χ1v) is 18.9. The summed E-state index contributed by atoms with van der Waals surface area (Å²) < 4.78 is 4.32. The van der Waals surface area contributed by atoms with Gasteiger partial charge in [-0.25, -0.2) is 0 Å². The Morgan fingerprint density at radius 3 is 1.98 bits per heavy atom. The number of benzene rings is 7. The minimum atomic E-state index is -0.135. The van der Waals surface area contributed by atoms with E-state index in [0.29, 0.717) is 5.56 Å². The molecule has 0 fully saturated rings. The molecule has 3 aromatic heterocycles. The molecular formula is C52H36N2O. The highest BCUT2D eigenvalue weighted by molar-refractivity contribution is 6.17. The molecule has 10 aromatic rings. The molecule has 260 valence electrons. The van der Waals surface area contributed by atoms with Crippen LogP contribution < -0.4 is 5.56 Å². The molecule has 3 heterocycles. The van der Waals surface area contributed by atoms with E-state index in [-0.39, 0.29) is 11.0 Å². The average molecular weight is 705 g/mol. The molecule has 0 atom stereocenters. The summed E-state index contributed by atoms with van der Waals surface area (Å²) >= 11 is 0. The average Bonchev–Trinajstić information content (AvgIpc) is 3.83.